The molecule has 7 heteroatoms. The molecular formula is C18H20Cl2N2O3. The third-order valence-electron chi connectivity index (χ3n) is 3.69. The zero-order chi connectivity index (χ0) is 16.8. The molecular weight excluding hydrogens is 363 g/mol. The number of ether oxygens (including phenoxy) is 2. The Labute approximate surface area is 158 Å². The molecule has 2 aromatic rings. The predicted molar refractivity (Wildman–Crippen MR) is 101 cm³/mol. The fraction of sp³-hybridized carbons (Fsp3) is 0.278. The van der Waals surface area contributed by atoms with E-state index in [1.807, 2.05) is 36.4 Å². The zero-order valence-corrected chi connectivity index (χ0v) is 15.1. The van der Waals surface area contributed by atoms with Crippen LogP contribution < -0.4 is 15.4 Å². The van der Waals surface area contributed by atoms with Gasteiger partial charge >= 0.3 is 0 Å². The maximum Gasteiger partial charge on any atom is 0.254 e. The Kier molecular flexibility index (Phi) is 7.52. The first-order valence-corrected chi connectivity index (χ1v) is 8.19. The Hall–Kier alpha value is -1.79. The van der Waals surface area contributed by atoms with Gasteiger partial charge in [0.15, 0.2) is 0 Å². The minimum Gasteiger partial charge on any atom is -0.489 e. The van der Waals surface area contributed by atoms with Gasteiger partial charge in [-0.1, -0.05) is 29.8 Å². The highest BCUT2D eigenvalue weighted by Crippen LogP contribution is 2.20. The molecule has 2 N–H and O–H groups in total. The van der Waals surface area contributed by atoms with Crippen LogP contribution in [-0.4, -0.2) is 31.7 Å². The van der Waals surface area contributed by atoms with E-state index < -0.39 is 6.10 Å². The summed E-state index contributed by atoms with van der Waals surface area (Å²) in [6.45, 7) is 2.26. The number of benzene rings is 2. The third kappa shape index (κ3) is 5.61. The van der Waals surface area contributed by atoms with Crippen molar-refractivity contribution in [3.63, 3.8) is 0 Å². The molecule has 1 amide bonds. The third-order valence-corrected chi connectivity index (χ3v) is 4.06. The smallest absolute Gasteiger partial charge is 0.254 e. The number of rotatable bonds is 5. The van der Waals surface area contributed by atoms with Crippen LogP contribution >= 0.6 is 24.0 Å². The fourth-order valence-electron chi connectivity index (χ4n) is 2.37. The molecule has 25 heavy (non-hydrogen) atoms. The monoisotopic (exact) mass is 382 g/mol. The van der Waals surface area contributed by atoms with Gasteiger partial charge in [0.05, 0.1) is 6.61 Å². The normalized spacial score (nSPS) is 16.6. The minimum atomic E-state index is -0.449. The molecule has 2 aromatic carbocycles. The molecule has 1 unspecified atom stereocenters. The molecule has 1 heterocycles. The standard InChI is InChI=1S/C18H19ClN2O3.ClH/c19-16-4-2-1-3-13(16)12-24-15-7-5-14(6-8-15)21-18(22)17-11-20-9-10-23-17;/h1-8,17,20H,9-12H2,(H,21,22);1H. The van der Waals surface area contributed by atoms with Gasteiger partial charge in [-0.15, -0.1) is 12.4 Å². The Morgan fingerprint density at radius 3 is 2.68 bits per heavy atom. The summed E-state index contributed by atoms with van der Waals surface area (Å²) in [5.74, 6) is 0.565. The number of halogens is 2. The summed E-state index contributed by atoms with van der Waals surface area (Å²) in [4.78, 5) is 12.1. The van der Waals surface area contributed by atoms with E-state index in [9.17, 15) is 4.79 Å². The molecule has 1 aliphatic heterocycles. The summed E-state index contributed by atoms with van der Waals surface area (Å²) in [5, 5.41) is 6.65. The van der Waals surface area contributed by atoms with Crippen molar-refractivity contribution >= 4 is 35.6 Å². The molecule has 3 rings (SSSR count). The summed E-state index contributed by atoms with van der Waals surface area (Å²) < 4.78 is 11.1. The Balaban J connectivity index is 0.00000225. The summed E-state index contributed by atoms with van der Waals surface area (Å²) in [5.41, 5.74) is 1.64. The number of nitrogens with one attached hydrogen (secondary N) is 2. The molecule has 1 aliphatic rings. The van der Waals surface area contributed by atoms with E-state index in [2.05, 4.69) is 10.6 Å². The molecule has 5 nitrogen and oxygen atoms in total. The van der Waals surface area contributed by atoms with E-state index in [4.69, 9.17) is 21.1 Å². The van der Waals surface area contributed by atoms with Gasteiger partial charge in [0, 0.05) is 29.4 Å². The highest BCUT2D eigenvalue weighted by molar-refractivity contribution is 6.31. The van der Waals surface area contributed by atoms with Crippen LogP contribution in [0.4, 0.5) is 5.69 Å². The van der Waals surface area contributed by atoms with E-state index in [1.54, 1.807) is 12.1 Å². The maximum atomic E-state index is 12.1. The Morgan fingerprint density at radius 2 is 2.00 bits per heavy atom. The number of hydrogen-bond donors (Lipinski definition) is 2. The van der Waals surface area contributed by atoms with Crippen LogP contribution in [0.1, 0.15) is 5.56 Å². The quantitative estimate of drug-likeness (QED) is 0.832. The maximum absolute atomic E-state index is 12.1. The molecule has 0 aliphatic carbocycles. The lowest BCUT2D eigenvalue weighted by Gasteiger charge is -2.22. The first-order valence-electron chi connectivity index (χ1n) is 7.82. The molecule has 0 radical (unpaired) electrons. The SMILES string of the molecule is Cl.O=C(Nc1ccc(OCc2ccccc2Cl)cc1)C1CNCCO1. The van der Waals surface area contributed by atoms with Gasteiger partial charge < -0.3 is 20.1 Å². The zero-order valence-electron chi connectivity index (χ0n) is 13.5. The average Bonchev–Trinajstić information content (AvgIpc) is 2.63. The summed E-state index contributed by atoms with van der Waals surface area (Å²) in [6, 6.07) is 14.8. The van der Waals surface area contributed by atoms with Crippen LogP contribution in [0, 0.1) is 0 Å². The molecule has 0 bridgehead atoms. The lowest BCUT2D eigenvalue weighted by molar-refractivity contribution is -0.128. The van der Waals surface area contributed by atoms with Crippen LogP contribution in [-0.2, 0) is 16.1 Å². The molecule has 1 saturated heterocycles. The highest BCUT2D eigenvalue weighted by Gasteiger charge is 2.21. The second-order valence-electron chi connectivity index (χ2n) is 5.46. The molecule has 0 spiro atoms. The topological polar surface area (TPSA) is 59.6 Å². The van der Waals surface area contributed by atoms with Gasteiger partial charge in [-0.05, 0) is 30.3 Å². The summed E-state index contributed by atoms with van der Waals surface area (Å²) >= 11 is 6.10. The first kappa shape index (κ1) is 19.5. The predicted octanol–water partition coefficient (Wildman–Crippen LogP) is 3.27. The van der Waals surface area contributed by atoms with E-state index in [0.29, 0.717) is 36.2 Å². The largest absolute Gasteiger partial charge is 0.489 e. The van der Waals surface area contributed by atoms with E-state index in [1.165, 1.54) is 0 Å². The Morgan fingerprint density at radius 1 is 1.24 bits per heavy atom. The van der Waals surface area contributed by atoms with Gasteiger partial charge in [-0.3, -0.25) is 4.79 Å². The average molecular weight is 383 g/mol. The number of hydrogen-bond acceptors (Lipinski definition) is 4. The molecule has 134 valence electrons. The van der Waals surface area contributed by atoms with Gasteiger partial charge in [0.2, 0.25) is 0 Å². The van der Waals surface area contributed by atoms with Crippen molar-refractivity contribution in [3.05, 3.63) is 59.1 Å². The van der Waals surface area contributed by atoms with Crippen molar-refractivity contribution in [3.8, 4) is 5.75 Å². The molecule has 1 atom stereocenters. The van der Waals surface area contributed by atoms with E-state index >= 15 is 0 Å². The van der Waals surface area contributed by atoms with Gasteiger partial charge in [0.1, 0.15) is 18.5 Å². The summed E-state index contributed by atoms with van der Waals surface area (Å²) in [7, 11) is 0. The number of amides is 1. The molecule has 1 fully saturated rings. The van der Waals surface area contributed by atoms with Crippen molar-refractivity contribution in [2.45, 2.75) is 12.7 Å². The Bertz CT molecular complexity index is 689. The van der Waals surface area contributed by atoms with Crippen molar-refractivity contribution < 1.29 is 14.3 Å². The fourth-order valence-corrected chi connectivity index (χ4v) is 2.56. The number of carbonyl (C=O) groups excluding carboxylic acids is 1. The van der Waals surface area contributed by atoms with Crippen molar-refractivity contribution in [2.75, 3.05) is 25.0 Å². The van der Waals surface area contributed by atoms with Crippen LogP contribution in [0.5, 0.6) is 5.75 Å². The molecule has 0 saturated carbocycles. The lowest BCUT2D eigenvalue weighted by atomic mass is 10.2. The second-order valence-corrected chi connectivity index (χ2v) is 5.86. The van der Waals surface area contributed by atoms with Crippen molar-refractivity contribution in [1.29, 1.82) is 0 Å². The van der Waals surface area contributed by atoms with Crippen molar-refractivity contribution in [1.82, 2.24) is 5.32 Å². The van der Waals surface area contributed by atoms with Crippen LogP contribution in [0.15, 0.2) is 48.5 Å². The second kappa shape index (κ2) is 9.63. The minimum absolute atomic E-state index is 0. The molecule has 0 aromatic heterocycles. The van der Waals surface area contributed by atoms with Crippen LogP contribution in [0.2, 0.25) is 5.02 Å². The number of morpholine rings is 1. The van der Waals surface area contributed by atoms with Crippen LogP contribution in [0.25, 0.3) is 0 Å². The van der Waals surface area contributed by atoms with E-state index in [0.717, 1.165) is 12.1 Å². The van der Waals surface area contributed by atoms with Crippen molar-refractivity contribution in [2.24, 2.45) is 0 Å². The lowest BCUT2D eigenvalue weighted by Crippen LogP contribution is -2.45. The number of anilines is 1. The number of carbonyl (C=O) groups is 1. The van der Waals surface area contributed by atoms with Gasteiger partial charge in [-0.2, -0.15) is 0 Å². The summed E-state index contributed by atoms with van der Waals surface area (Å²) in [6.07, 6.45) is -0.449. The van der Waals surface area contributed by atoms with Gasteiger partial charge in [-0.25, -0.2) is 0 Å². The first-order chi connectivity index (χ1) is 11.7. The van der Waals surface area contributed by atoms with Gasteiger partial charge in [0.25, 0.3) is 5.91 Å². The van der Waals surface area contributed by atoms with E-state index in [-0.39, 0.29) is 18.3 Å². The van der Waals surface area contributed by atoms with Crippen LogP contribution in [0.3, 0.4) is 0 Å². The highest BCUT2D eigenvalue weighted by atomic mass is 35.5.